The molecule has 0 aromatic carbocycles. The smallest absolute Gasteiger partial charge is 0.241 e. The number of fused-ring (bicyclic) bond motifs is 1. The van der Waals surface area contributed by atoms with E-state index in [-0.39, 0.29) is 11.7 Å². The number of amides is 1. The monoisotopic (exact) mass is 384 g/mol. The van der Waals surface area contributed by atoms with Crippen molar-refractivity contribution >= 4 is 28.7 Å². The molecular weight excluding hydrogens is 360 g/mol. The van der Waals surface area contributed by atoms with Crippen LogP contribution in [-0.2, 0) is 24.3 Å². The van der Waals surface area contributed by atoms with Gasteiger partial charge < -0.3 is 9.80 Å². The first kappa shape index (κ1) is 18.1. The zero-order chi connectivity index (χ0) is 19.0. The van der Waals surface area contributed by atoms with E-state index in [4.69, 9.17) is 0 Å². The molecule has 0 atom stereocenters. The van der Waals surface area contributed by atoms with Gasteiger partial charge in [0.1, 0.15) is 0 Å². The van der Waals surface area contributed by atoms with Crippen LogP contribution in [0.15, 0.2) is 23.8 Å². The van der Waals surface area contributed by atoms with Gasteiger partial charge in [0.2, 0.25) is 5.91 Å². The van der Waals surface area contributed by atoms with Crippen LogP contribution in [-0.4, -0.2) is 59.7 Å². The molecule has 0 unspecified atom stereocenters. The van der Waals surface area contributed by atoms with Crippen LogP contribution in [0.4, 0.5) is 5.69 Å². The number of nitrogens with zero attached hydrogens (tertiary/aromatic N) is 4. The van der Waals surface area contributed by atoms with Crippen LogP contribution < -0.4 is 4.90 Å². The molecule has 1 amide bonds. The van der Waals surface area contributed by atoms with Gasteiger partial charge in [-0.15, -0.1) is 11.3 Å². The van der Waals surface area contributed by atoms with Gasteiger partial charge in [-0.05, 0) is 30.5 Å². The Morgan fingerprint density at radius 2 is 2.07 bits per heavy atom. The lowest BCUT2D eigenvalue weighted by atomic mass is 10.0. The minimum atomic E-state index is 0.147. The quantitative estimate of drug-likeness (QED) is 0.757. The van der Waals surface area contributed by atoms with Crippen molar-refractivity contribution in [3.05, 3.63) is 45.4 Å². The lowest BCUT2D eigenvalue weighted by Crippen LogP contribution is -2.48. The predicted octanol–water partition coefficient (Wildman–Crippen LogP) is 2.18. The molecule has 6 nitrogen and oxygen atoms in total. The maximum Gasteiger partial charge on any atom is 0.241 e. The average Bonchev–Trinajstić information content (AvgIpc) is 3.08. The van der Waals surface area contributed by atoms with Crippen molar-refractivity contribution in [2.75, 3.05) is 38.1 Å². The highest BCUT2D eigenvalue weighted by Crippen LogP contribution is 2.30. The number of rotatable bonds is 4. The van der Waals surface area contributed by atoms with Crippen LogP contribution in [0.3, 0.4) is 0 Å². The third-order valence-corrected chi connectivity index (χ3v) is 6.43. The second-order valence-electron chi connectivity index (χ2n) is 7.36. The minimum absolute atomic E-state index is 0.147. The van der Waals surface area contributed by atoms with Gasteiger partial charge in [-0.2, -0.15) is 0 Å². The summed E-state index contributed by atoms with van der Waals surface area (Å²) in [6, 6.07) is 2.15. The highest BCUT2D eigenvalue weighted by Gasteiger charge is 2.24. The van der Waals surface area contributed by atoms with Gasteiger partial charge in [0.15, 0.2) is 5.78 Å². The number of likely N-dealkylation sites (N-methyl/N-ethyl adjacent to an activating group) is 1. The molecule has 2 aromatic heterocycles. The molecule has 7 heteroatoms. The van der Waals surface area contributed by atoms with Crippen LogP contribution >= 0.6 is 11.3 Å². The van der Waals surface area contributed by atoms with Gasteiger partial charge in [0.25, 0.3) is 0 Å². The summed E-state index contributed by atoms with van der Waals surface area (Å²) in [7, 11) is 1.85. The maximum atomic E-state index is 12.0. The summed E-state index contributed by atoms with van der Waals surface area (Å²) in [4.78, 5) is 35.7. The van der Waals surface area contributed by atoms with E-state index in [1.165, 1.54) is 10.4 Å². The number of hydrogen-bond donors (Lipinski definition) is 0. The maximum absolute atomic E-state index is 12.0. The fraction of sp³-hybridized carbons (Fsp3) is 0.450. The molecular formula is C20H24N4O2S. The molecule has 1 fully saturated rings. The fourth-order valence-electron chi connectivity index (χ4n) is 3.78. The first-order chi connectivity index (χ1) is 13.0. The average molecular weight is 385 g/mol. The summed E-state index contributed by atoms with van der Waals surface area (Å²) < 4.78 is 0. The molecule has 142 valence electrons. The third-order valence-electron chi connectivity index (χ3n) is 5.41. The molecule has 27 heavy (non-hydrogen) atoms. The Balaban J connectivity index is 1.44. The number of pyridine rings is 1. The standard InChI is InChI=1S/C20H24N4O2S/c1-14(25)18-13-27-19-11-23(4-3-17(18)19)10-15-7-16(9-21-8-15)24-6-5-22(2)20(26)12-24/h7-9,13H,3-6,10-12H2,1-2H3. The fourth-order valence-corrected chi connectivity index (χ4v) is 4.96. The van der Waals surface area contributed by atoms with E-state index in [2.05, 4.69) is 20.9 Å². The lowest BCUT2D eigenvalue weighted by Gasteiger charge is -2.33. The first-order valence-electron chi connectivity index (χ1n) is 9.26. The summed E-state index contributed by atoms with van der Waals surface area (Å²) >= 11 is 1.69. The van der Waals surface area contributed by atoms with Crippen molar-refractivity contribution in [3.8, 4) is 0 Å². The second-order valence-corrected chi connectivity index (χ2v) is 8.32. The number of aromatic nitrogens is 1. The number of carbonyl (C=O) groups excluding carboxylic acids is 2. The second kappa shape index (κ2) is 7.40. The highest BCUT2D eigenvalue weighted by atomic mass is 32.1. The van der Waals surface area contributed by atoms with E-state index in [9.17, 15) is 9.59 Å². The molecule has 2 aromatic rings. The summed E-state index contributed by atoms with van der Waals surface area (Å²) in [5, 5.41) is 2.00. The van der Waals surface area contributed by atoms with Gasteiger partial charge in [-0.3, -0.25) is 19.5 Å². The molecule has 4 rings (SSSR count). The molecule has 0 bridgehead atoms. The van der Waals surface area contributed by atoms with Crippen LogP contribution in [0.2, 0.25) is 0 Å². The van der Waals surface area contributed by atoms with E-state index < -0.39 is 0 Å². The number of carbonyl (C=O) groups is 2. The summed E-state index contributed by atoms with van der Waals surface area (Å²) in [6.07, 6.45) is 4.68. The lowest BCUT2D eigenvalue weighted by molar-refractivity contribution is -0.129. The van der Waals surface area contributed by atoms with E-state index >= 15 is 0 Å². The summed E-state index contributed by atoms with van der Waals surface area (Å²) in [6.45, 7) is 6.30. The van der Waals surface area contributed by atoms with Gasteiger partial charge in [-0.25, -0.2) is 0 Å². The molecule has 2 aliphatic rings. The molecule has 4 heterocycles. The van der Waals surface area contributed by atoms with Crippen LogP contribution in [0.1, 0.15) is 33.3 Å². The van der Waals surface area contributed by atoms with E-state index in [0.717, 1.165) is 56.0 Å². The summed E-state index contributed by atoms with van der Waals surface area (Å²) in [5.41, 5.74) is 4.32. The van der Waals surface area contributed by atoms with Crippen molar-refractivity contribution < 1.29 is 9.59 Å². The molecule has 0 saturated carbocycles. The molecule has 0 radical (unpaired) electrons. The molecule has 1 saturated heterocycles. The minimum Gasteiger partial charge on any atom is -0.359 e. The largest absolute Gasteiger partial charge is 0.359 e. The molecule has 0 aliphatic carbocycles. The Bertz CT molecular complexity index is 879. The zero-order valence-corrected chi connectivity index (χ0v) is 16.6. The number of piperazine rings is 1. The molecule has 2 aliphatic heterocycles. The van der Waals surface area contributed by atoms with E-state index in [1.807, 2.05) is 24.8 Å². The Hall–Kier alpha value is -2.25. The Morgan fingerprint density at radius 1 is 1.22 bits per heavy atom. The number of anilines is 1. The molecule has 0 N–H and O–H groups in total. The van der Waals surface area contributed by atoms with Gasteiger partial charge >= 0.3 is 0 Å². The summed E-state index contributed by atoms with van der Waals surface area (Å²) in [5.74, 6) is 0.314. The number of Topliss-reactive ketones (excluding diaryl/α,β-unsaturated/α-hetero) is 1. The van der Waals surface area contributed by atoms with Gasteiger partial charge in [-0.1, -0.05) is 0 Å². The van der Waals surface area contributed by atoms with E-state index in [0.29, 0.717) is 6.54 Å². The van der Waals surface area contributed by atoms with E-state index in [1.54, 1.807) is 23.2 Å². The molecule has 0 spiro atoms. The highest BCUT2D eigenvalue weighted by molar-refractivity contribution is 7.10. The van der Waals surface area contributed by atoms with Crippen LogP contribution in [0.5, 0.6) is 0 Å². The van der Waals surface area contributed by atoms with Crippen LogP contribution in [0.25, 0.3) is 0 Å². The third kappa shape index (κ3) is 3.75. The number of thiophene rings is 1. The van der Waals surface area contributed by atoms with Crippen molar-refractivity contribution in [2.45, 2.75) is 26.4 Å². The Kier molecular flexibility index (Phi) is 4.97. The van der Waals surface area contributed by atoms with Crippen molar-refractivity contribution in [1.29, 1.82) is 0 Å². The number of hydrogen-bond acceptors (Lipinski definition) is 6. The van der Waals surface area contributed by atoms with Crippen LogP contribution in [0, 0.1) is 0 Å². The zero-order valence-electron chi connectivity index (χ0n) is 15.8. The Morgan fingerprint density at radius 3 is 2.85 bits per heavy atom. The van der Waals surface area contributed by atoms with Crippen molar-refractivity contribution in [1.82, 2.24) is 14.8 Å². The normalized spacial score (nSPS) is 17.9. The van der Waals surface area contributed by atoms with Crippen molar-refractivity contribution in [2.24, 2.45) is 0 Å². The predicted molar refractivity (Wildman–Crippen MR) is 106 cm³/mol. The SMILES string of the molecule is CC(=O)c1csc2c1CCN(Cc1cncc(N3CCN(C)C(=O)C3)c1)C2. The first-order valence-corrected chi connectivity index (χ1v) is 10.1. The van der Waals surface area contributed by atoms with Gasteiger partial charge in [0.05, 0.1) is 18.4 Å². The Labute approximate surface area is 163 Å². The van der Waals surface area contributed by atoms with Gasteiger partial charge in [0, 0.05) is 61.8 Å². The topological polar surface area (TPSA) is 56.8 Å². The van der Waals surface area contributed by atoms with Crippen molar-refractivity contribution in [3.63, 3.8) is 0 Å². The number of ketones is 1.